The van der Waals surface area contributed by atoms with Crippen molar-refractivity contribution in [3.05, 3.63) is 24.0 Å². The number of aromatic nitrogens is 1. The van der Waals surface area contributed by atoms with Crippen LogP contribution in [0.1, 0.15) is 19.0 Å². The van der Waals surface area contributed by atoms with Gasteiger partial charge in [-0.05, 0) is 24.3 Å². The first-order valence-electron chi connectivity index (χ1n) is 4.17. The van der Waals surface area contributed by atoms with E-state index in [2.05, 4.69) is 11.9 Å². The van der Waals surface area contributed by atoms with Crippen molar-refractivity contribution in [3.63, 3.8) is 0 Å². The Labute approximate surface area is 82.3 Å². The normalized spacial score (nSPS) is 9.92. The van der Waals surface area contributed by atoms with Gasteiger partial charge in [0.25, 0.3) is 0 Å². The van der Waals surface area contributed by atoms with Gasteiger partial charge in [-0.25, -0.2) is 0 Å². The van der Waals surface area contributed by atoms with E-state index in [0.29, 0.717) is 5.69 Å². The summed E-state index contributed by atoms with van der Waals surface area (Å²) in [7, 11) is 0. The molecule has 1 aromatic rings. The van der Waals surface area contributed by atoms with Gasteiger partial charge < -0.3 is 5.73 Å². The Morgan fingerprint density at radius 2 is 2.46 bits per heavy atom. The molecule has 0 spiro atoms. The molecule has 0 amide bonds. The van der Waals surface area contributed by atoms with Crippen LogP contribution in [0.5, 0.6) is 0 Å². The van der Waals surface area contributed by atoms with E-state index in [9.17, 15) is 0 Å². The minimum Gasteiger partial charge on any atom is -0.382 e. The summed E-state index contributed by atoms with van der Waals surface area (Å²) < 4.78 is 0. The third kappa shape index (κ3) is 3.06. The maximum atomic E-state index is 7.22. The third-order valence-electron chi connectivity index (χ3n) is 1.48. The summed E-state index contributed by atoms with van der Waals surface area (Å²) in [6.07, 6.45) is 2.83. The molecular weight excluding hydrogens is 182 g/mol. The maximum Gasteiger partial charge on any atom is 0.141 e. The van der Waals surface area contributed by atoms with Crippen LogP contribution in [-0.2, 0) is 0 Å². The molecule has 1 rings (SSSR count). The summed E-state index contributed by atoms with van der Waals surface area (Å²) in [5.74, 6) is 1.11. The first-order chi connectivity index (χ1) is 6.24. The number of nitrogens with zero attached hydrogens (tertiary/aromatic N) is 1. The topological polar surface area (TPSA) is 62.8 Å². The lowest BCUT2D eigenvalue weighted by Crippen LogP contribution is -2.12. The van der Waals surface area contributed by atoms with Gasteiger partial charge in [0.2, 0.25) is 0 Å². The average molecular weight is 195 g/mol. The molecular formula is C9H13N3S. The first-order valence-corrected chi connectivity index (χ1v) is 5.16. The summed E-state index contributed by atoms with van der Waals surface area (Å²) in [6.45, 7) is 2.14. The van der Waals surface area contributed by atoms with Crippen LogP contribution in [0.3, 0.4) is 0 Å². The molecule has 0 aromatic carbocycles. The Balaban J connectivity index is 2.73. The number of hydrogen-bond acceptors (Lipinski definition) is 3. The highest BCUT2D eigenvalue weighted by molar-refractivity contribution is 7.99. The second-order valence-corrected chi connectivity index (χ2v) is 3.81. The third-order valence-corrected chi connectivity index (χ3v) is 2.68. The SMILES string of the molecule is CCCSc1ccnc(C(=N)N)c1. The summed E-state index contributed by atoms with van der Waals surface area (Å²) in [6, 6.07) is 3.79. The molecule has 1 heterocycles. The first kappa shape index (κ1) is 10.1. The van der Waals surface area contributed by atoms with Crippen LogP contribution < -0.4 is 5.73 Å². The van der Waals surface area contributed by atoms with Gasteiger partial charge in [-0.3, -0.25) is 10.4 Å². The Kier molecular flexibility index (Phi) is 3.76. The van der Waals surface area contributed by atoms with Gasteiger partial charge in [-0.2, -0.15) is 0 Å². The van der Waals surface area contributed by atoms with Crippen molar-refractivity contribution in [2.75, 3.05) is 5.75 Å². The van der Waals surface area contributed by atoms with Gasteiger partial charge in [0.1, 0.15) is 11.5 Å². The zero-order valence-electron chi connectivity index (χ0n) is 7.58. The molecule has 13 heavy (non-hydrogen) atoms. The van der Waals surface area contributed by atoms with Crippen LogP contribution >= 0.6 is 11.8 Å². The summed E-state index contributed by atoms with van der Waals surface area (Å²) in [5.41, 5.74) is 5.88. The van der Waals surface area contributed by atoms with Crippen LogP contribution in [0.15, 0.2) is 23.2 Å². The number of amidine groups is 1. The Morgan fingerprint density at radius 1 is 1.69 bits per heavy atom. The average Bonchev–Trinajstić information content (AvgIpc) is 2.15. The number of nitrogen functional groups attached to an aromatic ring is 1. The smallest absolute Gasteiger partial charge is 0.141 e. The van der Waals surface area contributed by atoms with Crippen molar-refractivity contribution >= 4 is 17.6 Å². The van der Waals surface area contributed by atoms with E-state index in [4.69, 9.17) is 11.1 Å². The highest BCUT2D eigenvalue weighted by Gasteiger charge is 1.99. The predicted molar refractivity (Wildman–Crippen MR) is 56.3 cm³/mol. The van der Waals surface area contributed by atoms with Crippen LogP contribution in [0.2, 0.25) is 0 Å². The van der Waals surface area contributed by atoms with Crippen LogP contribution in [-0.4, -0.2) is 16.6 Å². The molecule has 0 atom stereocenters. The number of nitrogens with one attached hydrogen (secondary N) is 1. The monoisotopic (exact) mass is 195 g/mol. The van der Waals surface area contributed by atoms with Gasteiger partial charge >= 0.3 is 0 Å². The fraction of sp³-hybridized carbons (Fsp3) is 0.333. The van der Waals surface area contributed by atoms with E-state index in [1.165, 1.54) is 0 Å². The largest absolute Gasteiger partial charge is 0.382 e. The molecule has 0 bridgehead atoms. The Hall–Kier alpha value is -1.03. The van der Waals surface area contributed by atoms with Crippen molar-refractivity contribution in [3.8, 4) is 0 Å². The number of rotatable bonds is 4. The minimum atomic E-state index is 0.0268. The zero-order chi connectivity index (χ0) is 9.68. The standard InChI is InChI=1S/C9H13N3S/c1-2-5-13-7-3-4-12-8(6-7)9(10)11/h3-4,6H,2,5H2,1H3,(H3,10,11). The summed E-state index contributed by atoms with van der Waals surface area (Å²) in [4.78, 5) is 5.11. The fourth-order valence-electron chi connectivity index (χ4n) is 0.868. The number of nitrogens with two attached hydrogens (primary N) is 1. The highest BCUT2D eigenvalue weighted by atomic mass is 32.2. The molecule has 3 nitrogen and oxygen atoms in total. The lowest BCUT2D eigenvalue weighted by molar-refractivity contribution is 1.10. The number of hydrogen-bond donors (Lipinski definition) is 2. The van der Waals surface area contributed by atoms with Crippen molar-refractivity contribution in [2.24, 2.45) is 5.73 Å². The molecule has 3 N–H and O–H groups in total. The van der Waals surface area contributed by atoms with Crippen molar-refractivity contribution in [1.82, 2.24) is 4.98 Å². The highest BCUT2D eigenvalue weighted by Crippen LogP contribution is 2.18. The van der Waals surface area contributed by atoms with Crippen LogP contribution in [0.4, 0.5) is 0 Å². The molecule has 0 unspecified atom stereocenters. The van der Waals surface area contributed by atoms with Crippen molar-refractivity contribution < 1.29 is 0 Å². The zero-order valence-corrected chi connectivity index (χ0v) is 8.40. The Morgan fingerprint density at radius 3 is 3.08 bits per heavy atom. The van der Waals surface area contributed by atoms with Crippen LogP contribution in [0.25, 0.3) is 0 Å². The maximum absolute atomic E-state index is 7.22. The second kappa shape index (κ2) is 4.87. The van der Waals surface area contributed by atoms with Gasteiger partial charge in [-0.1, -0.05) is 6.92 Å². The second-order valence-electron chi connectivity index (χ2n) is 2.64. The van der Waals surface area contributed by atoms with Crippen molar-refractivity contribution in [2.45, 2.75) is 18.2 Å². The summed E-state index contributed by atoms with van der Waals surface area (Å²) in [5, 5.41) is 7.22. The Bertz CT molecular complexity index is 299. The quantitative estimate of drug-likeness (QED) is 0.438. The molecule has 70 valence electrons. The summed E-state index contributed by atoms with van der Waals surface area (Å²) >= 11 is 1.76. The molecule has 4 heteroatoms. The van der Waals surface area contributed by atoms with Gasteiger partial charge in [0, 0.05) is 11.1 Å². The lowest BCUT2D eigenvalue weighted by atomic mass is 10.3. The molecule has 0 aliphatic heterocycles. The van der Waals surface area contributed by atoms with E-state index < -0.39 is 0 Å². The van der Waals surface area contributed by atoms with E-state index >= 15 is 0 Å². The molecule has 0 aliphatic carbocycles. The van der Waals surface area contributed by atoms with E-state index in [1.54, 1.807) is 18.0 Å². The van der Waals surface area contributed by atoms with Gasteiger partial charge in [0.15, 0.2) is 0 Å². The van der Waals surface area contributed by atoms with Gasteiger partial charge in [-0.15, -0.1) is 11.8 Å². The molecule has 0 fully saturated rings. The van der Waals surface area contributed by atoms with Crippen molar-refractivity contribution in [1.29, 1.82) is 5.41 Å². The molecule has 0 aliphatic rings. The molecule has 0 radical (unpaired) electrons. The van der Waals surface area contributed by atoms with E-state index in [0.717, 1.165) is 17.1 Å². The van der Waals surface area contributed by atoms with Gasteiger partial charge in [0.05, 0.1) is 0 Å². The molecule has 0 saturated heterocycles. The predicted octanol–water partition coefficient (Wildman–Crippen LogP) is 1.87. The van der Waals surface area contributed by atoms with E-state index in [1.807, 2.05) is 12.1 Å². The minimum absolute atomic E-state index is 0.0268. The molecule has 1 aromatic heterocycles. The number of thioether (sulfide) groups is 1. The number of pyridine rings is 1. The van der Waals surface area contributed by atoms with Crippen LogP contribution in [0, 0.1) is 5.41 Å². The lowest BCUT2D eigenvalue weighted by Gasteiger charge is -2.01. The molecule has 0 saturated carbocycles. The van der Waals surface area contributed by atoms with E-state index in [-0.39, 0.29) is 5.84 Å². The fourth-order valence-corrected chi connectivity index (χ4v) is 1.66.